The first kappa shape index (κ1) is 18.4. The highest BCUT2D eigenvalue weighted by Gasteiger charge is 2.27. The van der Waals surface area contributed by atoms with Gasteiger partial charge >= 0.3 is 0 Å². The van der Waals surface area contributed by atoms with Crippen molar-refractivity contribution in [3.05, 3.63) is 46.4 Å². The van der Waals surface area contributed by atoms with Crippen LogP contribution in [0.5, 0.6) is 0 Å². The lowest BCUT2D eigenvalue weighted by Crippen LogP contribution is -2.52. The number of piperazine rings is 1. The van der Waals surface area contributed by atoms with Crippen LogP contribution in [0.25, 0.3) is 16.6 Å². The van der Waals surface area contributed by atoms with Crippen molar-refractivity contribution in [3.63, 3.8) is 0 Å². The minimum absolute atomic E-state index is 0.0446. The molecule has 7 nitrogen and oxygen atoms in total. The van der Waals surface area contributed by atoms with Gasteiger partial charge in [-0.3, -0.25) is 14.5 Å². The Morgan fingerprint density at radius 3 is 2.48 bits per heavy atom. The predicted octanol–water partition coefficient (Wildman–Crippen LogP) is 2.28. The zero-order chi connectivity index (χ0) is 20.0. The van der Waals surface area contributed by atoms with E-state index in [0.717, 1.165) is 37.2 Å². The Morgan fingerprint density at radius 2 is 1.72 bits per heavy atom. The van der Waals surface area contributed by atoms with Gasteiger partial charge in [0.15, 0.2) is 0 Å². The van der Waals surface area contributed by atoms with Crippen molar-refractivity contribution < 1.29 is 4.79 Å². The van der Waals surface area contributed by atoms with Crippen LogP contribution in [-0.2, 0) is 7.05 Å². The first-order chi connectivity index (χ1) is 14.1. The lowest BCUT2D eigenvalue weighted by molar-refractivity contribution is 0.0523. The molecule has 1 saturated carbocycles. The van der Waals surface area contributed by atoms with Gasteiger partial charge in [0.25, 0.3) is 11.5 Å². The third-order valence-corrected chi connectivity index (χ3v) is 6.67. The van der Waals surface area contributed by atoms with E-state index < -0.39 is 0 Å². The van der Waals surface area contributed by atoms with Crippen LogP contribution in [0.15, 0.2) is 35.3 Å². The van der Waals surface area contributed by atoms with Crippen molar-refractivity contribution in [1.82, 2.24) is 24.0 Å². The van der Waals surface area contributed by atoms with Crippen LogP contribution in [0.4, 0.5) is 0 Å². The summed E-state index contributed by atoms with van der Waals surface area (Å²) in [4.78, 5) is 30.2. The third-order valence-electron chi connectivity index (χ3n) is 6.67. The SMILES string of the molecule is Cn1c(=O)c2ccnn2c2ccc(C(=O)N3CCN(C4CCCCC4)CC3)cc21. The van der Waals surface area contributed by atoms with Gasteiger partial charge in [-0.15, -0.1) is 0 Å². The largest absolute Gasteiger partial charge is 0.336 e. The molecule has 2 fully saturated rings. The van der Waals surface area contributed by atoms with Gasteiger partial charge in [0, 0.05) is 44.8 Å². The summed E-state index contributed by atoms with van der Waals surface area (Å²) in [6.07, 6.45) is 8.26. The van der Waals surface area contributed by atoms with Crippen LogP contribution in [0.1, 0.15) is 42.5 Å². The van der Waals surface area contributed by atoms with E-state index in [1.165, 1.54) is 32.1 Å². The topological polar surface area (TPSA) is 62.9 Å². The highest BCUT2D eigenvalue weighted by Crippen LogP contribution is 2.24. The third kappa shape index (κ3) is 3.13. The van der Waals surface area contributed by atoms with Crippen molar-refractivity contribution in [2.75, 3.05) is 26.2 Å². The average Bonchev–Trinajstić information content (AvgIpc) is 3.28. The van der Waals surface area contributed by atoms with E-state index in [1.807, 2.05) is 23.1 Å². The molecule has 0 atom stereocenters. The van der Waals surface area contributed by atoms with E-state index >= 15 is 0 Å². The molecule has 2 aliphatic rings. The molecule has 1 aromatic carbocycles. The van der Waals surface area contributed by atoms with E-state index in [4.69, 9.17) is 0 Å². The first-order valence-corrected chi connectivity index (χ1v) is 10.6. The van der Waals surface area contributed by atoms with Gasteiger partial charge < -0.3 is 9.47 Å². The molecular weight excluding hydrogens is 366 g/mol. The van der Waals surface area contributed by atoms with Crippen molar-refractivity contribution in [2.24, 2.45) is 7.05 Å². The van der Waals surface area contributed by atoms with Crippen LogP contribution in [0.3, 0.4) is 0 Å². The Morgan fingerprint density at radius 1 is 0.966 bits per heavy atom. The second-order valence-corrected chi connectivity index (χ2v) is 8.32. The van der Waals surface area contributed by atoms with Gasteiger partial charge in [-0.05, 0) is 37.1 Å². The quantitative estimate of drug-likeness (QED) is 0.670. The van der Waals surface area contributed by atoms with Gasteiger partial charge in [0.05, 0.1) is 17.2 Å². The van der Waals surface area contributed by atoms with E-state index in [-0.39, 0.29) is 11.5 Å². The monoisotopic (exact) mass is 393 g/mol. The molecule has 1 aliphatic heterocycles. The maximum Gasteiger partial charge on any atom is 0.276 e. The second-order valence-electron chi connectivity index (χ2n) is 8.32. The van der Waals surface area contributed by atoms with Crippen LogP contribution in [-0.4, -0.2) is 62.1 Å². The number of fused-ring (bicyclic) bond motifs is 3. The van der Waals surface area contributed by atoms with Crippen LogP contribution in [0.2, 0.25) is 0 Å². The fourth-order valence-electron chi connectivity index (χ4n) is 4.96. The number of nitrogens with zero attached hydrogens (tertiary/aromatic N) is 5. The standard InChI is InChI=1S/C22H27N5O2/c1-24-20-15-16(7-8-18(20)27-19(22(24)29)9-10-23-27)21(28)26-13-11-25(12-14-26)17-5-3-2-4-6-17/h7-10,15,17H,2-6,11-14H2,1H3. The second kappa shape index (κ2) is 7.30. The van der Waals surface area contributed by atoms with E-state index in [1.54, 1.807) is 28.4 Å². The summed E-state index contributed by atoms with van der Waals surface area (Å²) in [5.74, 6) is 0.0446. The van der Waals surface area contributed by atoms with Gasteiger partial charge in [-0.1, -0.05) is 19.3 Å². The summed E-state index contributed by atoms with van der Waals surface area (Å²) >= 11 is 0. The highest BCUT2D eigenvalue weighted by molar-refractivity contribution is 5.97. The van der Waals surface area contributed by atoms with Gasteiger partial charge in [-0.25, -0.2) is 4.52 Å². The molecule has 152 valence electrons. The Hall–Kier alpha value is -2.67. The number of benzene rings is 1. The first-order valence-electron chi connectivity index (χ1n) is 10.6. The van der Waals surface area contributed by atoms with E-state index in [0.29, 0.717) is 17.1 Å². The minimum Gasteiger partial charge on any atom is -0.336 e. The molecule has 29 heavy (non-hydrogen) atoms. The number of carbonyl (C=O) groups is 1. The van der Waals surface area contributed by atoms with Gasteiger partial charge in [0.2, 0.25) is 0 Å². The average molecular weight is 393 g/mol. The summed E-state index contributed by atoms with van der Waals surface area (Å²) in [5.41, 5.74) is 2.60. The predicted molar refractivity (Wildman–Crippen MR) is 112 cm³/mol. The maximum absolute atomic E-state index is 13.1. The number of amides is 1. The molecule has 3 aromatic rings. The molecule has 1 saturated heterocycles. The summed E-state index contributed by atoms with van der Waals surface area (Å²) in [6.45, 7) is 3.45. The van der Waals surface area contributed by atoms with Gasteiger partial charge in [-0.2, -0.15) is 5.10 Å². The number of hydrogen-bond acceptors (Lipinski definition) is 4. The summed E-state index contributed by atoms with van der Waals surface area (Å²) in [7, 11) is 1.74. The zero-order valence-electron chi connectivity index (χ0n) is 16.9. The molecular formula is C22H27N5O2. The maximum atomic E-state index is 13.1. The normalized spacial score (nSPS) is 19.3. The molecule has 0 N–H and O–H groups in total. The summed E-state index contributed by atoms with van der Waals surface area (Å²) < 4.78 is 3.25. The van der Waals surface area contributed by atoms with Crippen LogP contribution >= 0.6 is 0 Å². The molecule has 0 radical (unpaired) electrons. The molecule has 2 aromatic heterocycles. The molecule has 7 heteroatoms. The summed E-state index contributed by atoms with van der Waals surface area (Å²) in [6, 6.07) is 7.98. The number of hydrogen-bond donors (Lipinski definition) is 0. The molecule has 0 unspecified atom stereocenters. The van der Waals surface area contributed by atoms with Crippen molar-refractivity contribution >= 4 is 22.5 Å². The zero-order valence-corrected chi connectivity index (χ0v) is 16.9. The number of aromatic nitrogens is 3. The Balaban J connectivity index is 1.38. The molecule has 1 amide bonds. The van der Waals surface area contributed by atoms with E-state index in [2.05, 4.69) is 10.00 Å². The minimum atomic E-state index is -0.110. The fraction of sp³-hybridized carbons (Fsp3) is 0.500. The fourth-order valence-corrected chi connectivity index (χ4v) is 4.96. The lowest BCUT2D eigenvalue weighted by Gasteiger charge is -2.40. The van der Waals surface area contributed by atoms with Crippen LogP contribution < -0.4 is 5.56 Å². The summed E-state index contributed by atoms with van der Waals surface area (Å²) in [5, 5.41) is 4.27. The molecule has 0 bridgehead atoms. The molecule has 5 rings (SSSR count). The molecule has 0 spiro atoms. The van der Waals surface area contributed by atoms with Crippen molar-refractivity contribution in [1.29, 1.82) is 0 Å². The van der Waals surface area contributed by atoms with Crippen LogP contribution in [0, 0.1) is 0 Å². The number of carbonyl (C=O) groups excluding carboxylic acids is 1. The van der Waals surface area contributed by atoms with Gasteiger partial charge in [0.1, 0.15) is 5.52 Å². The Bertz CT molecular complexity index is 1120. The number of rotatable bonds is 2. The Labute approximate surface area is 169 Å². The lowest BCUT2D eigenvalue weighted by atomic mass is 9.94. The molecule has 3 heterocycles. The Kier molecular flexibility index (Phi) is 4.62. The van der Waals surface area contributed by atoms with E-state index in [9.17, 15) is 9.59 Å². The van der Waals surface area contributed by atoms with Crippen molar-refractivity contribution in [2.45, 2.75) is 38.1 Å². The number of aryl methyl sites for hydroxylation is 1. The molecule has 1 aliphatic carbocycles. The highest BCUT2D eigenvalue weighted by atomic mass is 16.2. The smallest absolute Gasteiger partial charge is 0.276 e. The van der Waals surface area contributed by atoms with Crippen molar-refractivity contribution in [3.8, 4) is 0 Å².